The van der Waals surface area contributed by atoms with Crippen LogP contribution in [0.15, 0.2) is 12.1 Å². The van der Waals surface area contributed by atoms with Crippen molar-refractivity contribution in [1.82, 2.24) is 5.32 Å². The molecule has 0 aliphatic rings. The molecule has 0 aromatic heterocycles. The third kappa shape index (κ3) is 2.49. The second kappa shape index (κ2) is 5.14. The normalized spacial score (nSPS) is 12.3. The number of halogens is 1. The lowest BCUT2D eigenvalue weighted by molar-refractivity contribution is -0.109. The molecule has 0 aliphatic heterocycles. The van der Waals surface area contributed by atoms with Crippen molar-refractivity contribution in [1.29, 1.82) is 0 Å². The molecule has 1 N–H and O–H groups in total. The number of hydrogen-bond donors (Lipinski definition) is 1. The van der Waals surface area contributed by atoms with Crippen LogP contribution >= 0.6 is 11.6 Å². The Morgan fingerprint density at radius 1 is 1.53 bits per heavy atom. The van der Waals surface area contributed by atoms with Gasteiger partial charge in [-0.25, -0.2) is 0 Å². The number of benzene rings is 1. The Labute approximate surface area is 94.4 Å². The lowest BCUT2D eigenvalue weighted by Crippen LogP contribution is -2.18. The Balaban J connectivity index is 3.30. The van der Waals surface area contributed by atoms with Gasteiger partial charge in [0.05, 0.1) is 13.2 Å². The van der Waals surface area contributed by atoms with Crippen LogP contribution in [0.3, 0.4) is 0 Å². The van der Waals surface area contributed by atoms with Gasteiger partial charge in [0.15, 0.2) is 0 Å². The summed E-state index contributed by atoms with van der Waals surface area (Å²) in [6, 6.07) is 3.15. The Morgan fingerprint density at radius 3 is 2.67 bits per heavy atom. The number of carbonyl (C=O) groups is 1. The summed E-state index contributed by atoms with van der Waals surface area (Å²) in [7, 11) is 3.30. The molecule has 82 valence electrons. The molecule has 0 saturated heterocycles. The van der Waals surface area contributed by atoms with Crippen molar-refractivity contribution in [2.24, 2.45) is 0 Å². The minimum Gasteiger partial charge on any atom is -0.496 e. The number of carbonyl (C=O) groups excluding carboxylic acids is 1. The molecular weight excluding hydrogens is 214 g/mol. The Kier molecular flexibility index (Phi) is 4.12. The molecule has 1 unspecified atom stereocenters. The summed E-state index contributed by atoms with van der Waals surface area (Å²) in [5, 5.41) is 3.49. The van der Waals surface area contributed by atoms with E-state index in [0.29, 0.717) is 10.8 Å². The number of ether oxygens (including phenoxy) is 1. The largest absolute Gasteiger partial charge is 0.496 e. The lowest BCUT2D eigenvalue weighted by Gasteiger charge is -2.16. The molecule has 3 nitrogen and oxygen atoms in total. The molecule has 1 rings (SSSR count). The molecule has 0 heterocycles. The summed E-state index contributed by atoms with van der Waals surface area (Å²) in [5.41, 5.74) is 1.68. The van der Waals surface area contributed by atoms with Gasteiger partial charge in [0.1, 0.15) is 12.0 Å². The van der Waals surface area contributed by atoms with Crippen LogP contribution in [-0.4, -0.2) is 20.4 Å². The number of methoxy groups -OCH3 is 1. The first-order valence-electron chi connectivity index (χ1n) is 4.60. The summed E-state index contributed by atoms with van der Waals surface area (Å²) in [5.74, 6) is 0.700. The molecule has 1 aromatic rings. The third-order valence-corrected chi connectivity index (χ3v) is 2.47. The van der Waals surface area contributed by atoms with E-state index in [2.05, 4.69) is 5.32 Å². The van der Waals surface area contributed by atoms with Gasteiger partial charge in [-0.3, -0.25) is 0 Å². The van der Waals surface area contributed by atoms with Crippen LogP contribution in [0.4, 0.5) is 0 Å². The van der Waals surface area contributed by atoms with Crippen LogP contribution in [0.25, 0.3) is 0 Å². The van der Waals surface area contributed by atoms with Crippen molar-refractivity contribution in [2.45, 2.75) is 13.0 Å². The maximum atomic E-state index is 10.9. The lowest BCUT2D eigenvalue weighted by atomic mass is 10.0. The number of nitrogens with one attached hydrogen (secondary N) is 1. The van der Waals surface area contributed by atoms with Gasteiger partial charge in [-0.2, -0.15) is 0 Å². The minimum absolute atomic E-state index is 0.391. The van der Waals surface area contributed by atoms with Crippen molar-refractivity contribution in [3.05, 3.63) is 28.3 Å². The molecular formula is C11H14ClNO2. The molecule has 4 heteroatoms. The monoisotopic (exact) mass is 227 g/mol. The first-order chi connectivity index (χ1) is 7.13. The third-order valence-electron chi connectivity index (χ3n) is 2.25. The highest BCUT2D eigenvalue weighted by atomic mass is 35.5. The van der Waals surface area contributed by atoms with E-state index in [9.17, 15) is 4.79 Å². The van der Waals surface area contributed by atoms with Crippen LogP contribution in [0, 0.1) is 6.92 Å². The molecule has 0 aliphatic carbocycles. The number of hydrogen-bond acceptors (Lipinski definition) is 3. The van der Waals surface area contributed by atoms with Crippen LogP contribution in [0.1, 0.15) is 17.2 Å². The summed E-state index contributed by atoms with van der Waals surface area (Å²) >= 11 is 5.94. The highest BCUT2D eigenvalue weighted by Gasteiger charge is 2.16. The minimum atomic E-state index is -0.391. The first-order valence-corrected chi connectivity index (χ1v) is 4.98. The molecule has 0 fully saturated rings. The van der Waals surface area contributed by atoms with Gasteiger partial charge in [0, 0.05) is 10.6 Å². The quantitative estimate of drug-likeness (QED) is 0.801. The number of aryl methyl sites for hydroxylation is 1. The predicted molar refractivity (Wildman–Crippen MR) is 60.6 cm³/mol. The van der Waals surface area contributed by atoms with Crippen LogP contribution in [0.5, 0.6) is 5.75 Å². The molecule has 0 amide bonds. The molecule has 1 aromatic carbocycles. The van der Waals surface area contributed by atoms with E-state index >= 15 is 0 Å². The SMILES string of the molecule is CNC(C=O)c1cc(Cl)cc(C)c1OC. The predicted octanol–water partition coefficient (Wildman–Crippen LogP) is 2.12. The topological polar surface area (TPSA) is 38.3 Å². The Hall–Kier alpha value is -1.06. The van der Waals surface area contributed by atoms with Crippen molar-refractivity contribution in [2.75, 3.05) is 14.2 Å². The van der Waals surface area contributed by atoms with Crippen LogP contribution in [0.2, 0.25) is 5.02 Å². The smallest absolute Gasteiger partial charge is 0.141 e. The maximum absolute atomic E-state index is 10.9. The van der Waals surface area contributed by atoms with E-state index in [1.165, 1.54) is 0 Å². The Morgan fingerprint density at radius 2 is 2.20 bits per heavy atom. The highest BCUT2D eigenvalue weighted by Crippen LogP contribution is 2.31. The molecule has 15 heavy (non-hydrogen) atoms. The summed E-state index contributed by atoms with van der Waals surface area (Å²) < 4.78 is 5.26. The fourth-order valence-corrected chi connectivity index (χ4v) is 1.84. The van der Waals surface area contributed by atoms with Crippen molar-refractivity contribution in [3.8, 4) is 5.75 Å². The zero-order chi connectivity index (χ0) is 11.4. The van der Waals surface area contributed by atoms with Crippen molar-refractivity contribution >= 4 is 17.9 Å². The van der Waals surface area contributed by atoms with Crippen LogP contribution < -0.4 is 10.1 Å². The fourth-order valence-electron chi connectivity index (χ4n) is 1.56. The van der Waals surface area contributed by atoms with E-state index in [1.54, 1.807) is 26.3 Å². The van der Waals surface area contributed by atoms with Gasteiger partial charge in [0.2, 0.25) is 0 Å². The van der Waals surface area contributed by atoms with Crippen molar-refractivity contribution in [3.63, 3.8) is 0 Å². The Bertz CT molecular complexity index is 366. The van der Waals surface area contributed by atoms with Gasteiger partial charge in [-0.15, -0.1) is 0 Å². The number of rotatable bonds is 4. The second-order valence-electron chi connectivity index (χ2n) is 3.25. The molecule has 0 bridgehead atoms. The number of aldehydes is 1. The highest BCUT2D eigenvalue weighted by molar-refractivity contribution is 6.30. The van der Waals surface area contributed by atoms with Crippen LogP contribution in [-0.2, 0) is 4.79 Å². The van der Waals surface area contributed by atoms with Gasteiger partial charge in [-0.1, -0.05) is 11.6 Å². The van der Waals surface area contributed by atoms with Gasteiger partial charge in [0.25, 0.3) is 0 Å². The van der Waals surface area contributed by atoms with E-state index in [4.69, 9.17) is 16.3 Å². The van der Waals surface area contributed by atoms with Gasteiger partial charge < -0.3 is 14.8 Å². The van der Waals surface area contributed by atoms with E-state index in [0.717, 1.165) is 17.4 Å². The molecule has 0 saturated carbocycles. The average Bonchev–Trinajstić information content (AvgIpc) is 2.19. The first kappa shape index (κ1) is 12.0. The summed E-state index contributed by atoms with van der Waals surface area (Å²) in [4.78, 5) is 10.9. The summed E-state index contributed by atoms with van der Waals surface area (Å²) in [6.07, 6.45) is 0.827. The van der Waals surface area contributed by atoms with Gasteiger partial charge >= 0.3 is 0 Å². The standard InChI is InChI=1S/C11H14ClNO2/c1-7-4-8(12)5-9(11(7)15-3)10(6-14)13-2/h4-6,10,13H,1-3H3. The summed E-state index contributed by atoms with van der Waals surface area (Å²) in [6.45, 7) is 1.89. The zero-order valence-corrected chi connectivity index (χ0v) is 9.76. The van der Waals surface area contributed by atoms with E-state index in [1.807, 2.05) is 6.92 Å². The van der Waals surface area contributed by atoms with E-state index in [-0.39, 0.29) is 0 Å². The average molecular weight is 228 g/mol. The zero-order valence-electron chi connectivity index (χ0n) is 9.00. The molecule has 0 radical (unpaired) electrons. The molecule has 1 atom stereocenters. The maximum Gasteiger partial charge on any atom is 0.141 e. The van der Waals surface area contributed by atoms with Crippen molar-refractivity contribution < 1.29 is 9.53 Å². The number of likely N-dealkylation sites (N-methyl/N-ethyl adjacent to an activating group) is 1. The van der Waals surface area contributed by atoms with E-state index < -0.39 is 6.04 Å². The molecule has 0 spiro atoms. The fraction of sp³-hybridized carbons (Fsp3) is 0.364. The second-order valence-corrected chi connectivity index (χ2v) is 3.68. The van der Waals surface area contributed by atoms with Gasteiger partial charge in [-0.05, 0) is 31.7 Å².